The Morgan fingerprint density at radius 3 is 2.48 bits per heavy atom. The zero-order valence-electron chi connectivity index (χ0n) is 16.4. The van der Waals surface area contributed by atoms with E-state index in [9.17, 15) is 10.1 Å². The van der Waals surface area contributed by atoms with Crippen molar-refractivity contribution >= 4 is 11.4 Å². The Kier molecular flexibility index (Phi) is 5.65. The molecule has 2 aromatic rings. The third-order valence-corrected chi connectivity index (χ3v) is 5.21. The van der Waals surface area contributed by atoms with Crippen LogP contribution in [0.25, 0.3) is 0 Å². The summed E-state index contributed by atoms with van der Waals surface area (Å²) < 4.78 is 7.39. The predicted molar refractivity (Wildman–Crippen MR) is 104 cm³/mol. The predicted octanol–water partition coefficient (Wildman–Crippen LogP) is 2.67. The molecule has 0 saturated carbocycles. The SMILES string of the molecule is CCOc1cccc(N2CCN(Cc3c(C)nn(C)c3C)CC2)c1[N+](=O)[O-]. The second-order valence-corrected chi connectivity index (χ2v) is 6.85. The molecular formula is C19H27N5O3. The Morgan fingerprint density at radius 1 is 1.22 bits per heavy atom. The number of anilines is 1. The van der Waals surface area contributed by atoms with E-state index in [0.717, 1.165) is 38.4 Å². The van der Waals surface area contributed by atoms with Crippen molar-refractivity contribution in [2.24, 2.45) is 7.05 Å². The number of nitro groups is 1. The number of nitrogens with zero attached hydrogens (tertiary/aromatic N) is 5. The van der Waals surface area contributed by atoms with Crippen LogP contribution in [0, 0.1) is 24.0 Å². The fourth-order valence-electron chi connectivity index (χ4n) is 3.64. The summed E-state index contributed by atoms with van der Waals surface area (Å²) in [6.45, 7) is 10.4. The van der Waals surface area contributed by atoms with Gasteiger partial charge in [-0.2, -0.15) is 5.10 Å². The summed E-state index contributed by atoms with van der Waals surface area (Å²) in [5.41, 5.74) is 4.23. The number of hydrogen-bond acceptors (Lipinski definition) is 6. The van der Waals surface area contributed by atoms with Gasteiger partial charge < -0.3 is 9.64 Å². The number of benzene rings is 1. The van der Waals surface area contributed by atoms with Gasteiger partial charge in [0.25, 0.3) is 0 Å². The third kappa shape index (κ3) is 3.90. The second-order valence-electron chi connectivity index (χ2n) is 6.85. The Hall–Kier alpha value is -2.61. The summed E-state index contributed by atoms with van der Waals surface area (Å²) in [7, 11) is 1.97. The van der Waals surface area contributed by atoms with E-state index in [2.05, 4.69) is 21.8 Å². The van der Waals surface area contributed by atoms with Crippen molar-refractivity contribution in [1.82, 2.24) is 14.7 Å². The first-order chi connectivity index (χ1) is 12.9. The molecule has 2 heterocycles. The average molecular weight is 373 g/mol. The molecule has 146 valence electrons. The molecule has 0 spiro atoms. The first kappa shape index (κ1) is 19.2. The van der Waals surface area contributed by atoms with E-state index in [1.807, 2.05) is 37.7 Å². The number of aryl methyl sites for hydroxylation is 2. The van der Waals surface area contributed by atoms with Crippen LogP contribution in [0.1, 0.15) is 23.9 Å². The summed E-state index contributed by atoms with van der Waals surface area (Å²) in [4.78, 5) is 15.7. The highest BCUT2D eigenvalue weighted by atomic mass is 16.6. The fourth-order valence-corrected chi connectivity index (χ4v) is 3.64. The van der Waals surface area contributed by atoms with Gasteiger partial charge in [-0.25, -0.2) is 0 Å². The summed E-state index contributed by atoms with van der Waals surface area (Å²) in [5, 5.41) is 16.1. The second kappa shape index (κ2) is 7.96. The molecule has 1 saturated heterocycles. The van der Waals surface area contributed by atoms with Crippen molar-refractivity contribution in [3.63, 3.8) is 0 Å². The number of nitro benzene ring substituents is 1. The maximum Gasteiger partial charge on any atom is 0.333 e. The van der Waals surface area contributed by atoms with Crippen molar-refractivity contribution in [2.45, 2.75) is 27.3 Å². The quantitative estimate of drug-likeness (QED) is 0.572. The largest absolute Gasteiger partial charge is 0.487 e. The van der Waals surface area contributed by atoms with Gasteiger partial charge in [0, 0.05) is 51.0 Å². The molecule has 0 bridgehead atoms. The molecule has 8 nitrogen and oxygen atoms in total. The van der Waals surface area contributed by atoms with Crippen molar-refractivity contribution < 1.29 is 9.66 Å². The van der Waals surface area contributed by atoms with Crippen LogP contribution in [0.15, 0.2) is 18.2 Å². The molecule has 0 radical (unpaired) electrons. The molecule has 0 amide bonds. The van der Waals surface area contributed by atoms with Gasteiger partial charge in [-0.15, -0.1) is 0 Å². The molecule has 1 aromatic heterocycles. The Balaban J connectivity index is 1.72. The lowest BCUT2D eigenvalue weighted by molar-refractivity contribution is -0.385. The van der Waals surface area contributed by atoms with Crippen LogP contribution in [0.3, 0.4) is 0 Å². The van der Waals surface area contributed by atoms with E-state index in [1.165, 1.54) is 11.3 Å². The van der Waals surface area contributed by atoms with Crippen molar-refractivity contribution in [1.29, 1.82) is 0 Å². The first-order valence-electron chi connectivity index (χ1n) is 9.29. The molecule has 1 aliphatic heterocycles. The monoisotopic (exact) mass is 373 g/mol. The molecule has 1 aliphatic rings. The van der Waals surface area contributed by atoms with Gasteiger partial charge in [-0.1, -0.05) is 6.07 Å². The first-order valence-corrected chi connectivity index (χ1v) is 9.29. The number of aromatic nitrogens is 2. The van der Waals surface area contributed by atoms with Crippen molar-refractivity contribution in [3.8, 4) is 5.75 Å². The molecule has 1 aromatic carbocycles. The maximum absolute atomic E-state index is 11.6. The molecule has 3 rings (SSSR count). The molecule has 0 unspecified atom stereocenters. The zero-order chi connectivity index (χ0) is 19.6. The summed E-state index contributed by atoms with van der Waals surface area (Å²) >= 11 is 0. The van der Waals surface area contributed by atoms with Gasteiger partial charge in [0.1, 0.15) is 5.69 Å². The summed E-state index contributed by atoms with van der Waals surface area (Å²) in [6, 6.07) is 5.29. The molecule has 27 heavy (non-hydrogen) atoms. The number of rotatable bonds is 6. The highest BCUT2D eigenvalue weighted by Crippen LogP contribution is 2.37. The minimum atomic E-state index is -0.338. The van der Waals surface area contributed by atoms with Crippen molar-refractivity contribution in [2.75, 3.05) is 37.7 Å². The molecule has 0 N–H and O–H groups in total. The minimum Gasteiger partial charge on any atom is -0.487 e. The van der Waals surface area contributed by atoms with Crippen LogP contribution < -0.4 is 9.64 Å². The van der Waals surface area contributed by atoms with Crippen LogP contribution in [0.2, 0.25) is 0 Å². The van der Waals surface area contributed by atoms with Gasteiger partial charge in [0.15, 0.2) is 5.75 Å². The van der Waals surface area contributed by atoms with Gasteiger partial charge in [0.2, 0.25) is 0 Å². The highest BCUT2D eigenvalue weighted by molar-refractivity contribution is 5.70. The highest BCUT2D eigenvalue weighted by Gasteiger charge is 2.27. The average Bonchev–Trinajstić information content (AvgIpc) is 2.88. The molecular weight excluding hydrogens is 346 g/mol. The van der Waals surface area contributed by atoms with Crippen LogP contribution in [0.5, 0.6) is 5.75 Å². The van der Waals surface area contributed by atoms with Gasteiger partial charge in [0.05, 0.1) is 17.2 Å². The summed E-state index contributed by atoms with van der Waals surface area (Å²) in [5.74, 6) is 0.337. The number of hydrogen-bond donors (Lipinski definition) is 0. The topological polar surface area (TPSA) is 76.7 Å². The van der Waals surface area contributed by atoms with Crippen molar-refractivity contribution in [3.05, 3.63) is 45.3 Å². The number of ether oxygens (including phenoxy) is 1. The van der Waals surface area contributed by atoms with Gasteiger partial charge in [-0.3, -0.25) is 19.7 Å². The Morgan fingerprint density at radius 2 is 1.93 bits per heavy atom. The van der Waals surface area contributed by atoms with Gasteiger partial charge in [-0.05, 0) is 32.9 Å². The Bertz CT molecular complexity index is 825. The van der Waals surface area contributed by atoms with E-state index in [0.29, 0.717) is 18.0 Å². The van der Waals surface area contributed by atoms with Crippen LogP contribution in [0.4, 0.5) is 11.4 Å². The third-order valence-electron chi connectivity index (χ3n) is 5.21. The van der Waals surface area contributed by atoms with E-state index < -0.39 is 0 Å². The normalized spacial score (nSPS) is 15.2. The number of piperazine rings is 1. The molecule has 0 aliphatic carbocycles. The zero-order valence-corrected chi connectivity index (χ0v) is 16.4. The standard InChI is InChI=1S/C19H27N5O3/c1-5-27-18-8-6-7-17(19(18)24(25)26)23-11-9-22(10-12-23)13-16-14(2)20-21(4)15(16)3/h6-8H,5,9-13H2,1-4H3. The lowest BCUT2D eigenvalue weighted by Gasteiger charge is -2.36. The van der Waals surface area contributed by atoms with E-state index in [-0.39, 0.29) is 10.6 Å². The smallest absolute Gasteiger partial charge is 0.333 e. The lowest BCUT2D eigenvalue weighted by atomic mass is 10.1. The van der Waals surface area contributed by atoms with E-state index in [1.54, 1.807) is 6.07 Å². The minimum absolute atomic E-state index is 0.0618. The number of para-hydroxylation sites is 1. The van der Waals surface area contributed by atoms with Crippen LogP contribution >= 0.6 is 0 Å². The Labute approximate surface area is 159 Å². The maximum atomic E-state index is 11.6. The molecule has 1 fully saturated rings. The molecule has 0 atom stereocenters. The van der Waals surface area contributed by atoms with Crippen LogP contribution in [-0.4, -0.2) is 52.4 Å². The fraction of sp³-hybridized carbons (Fsp3) is 0.526. The van der Waals surface area contributed by atoms with E-state index >= 15 is 0 Å². The van der Waals surface area contributed by atoms with Crippen LogP contribution in [-0.2, 0) is 13.6 Å². The summed E-state index contributed by atoms with van der Waals surface area (Å²) in [6.07, 6.45) is 0. The molecule has 8 heteroatoms. The van der Waals surface area contributed by atoms with Gasteiger partial charge >= 0.3 is 5.69 Å². The lowest BCUT2D eigenvalue weighted by Crippen LogP contribution is -2.46. The van der Waals surface area contributed by atoms with E-state index in [4.69, 9.17) is 4.74 Å².